The van der Waals surface area contributed by atoms with Crippen LogP contribution in [0.2, 0.25) is 0 Å². The molecule has 6 N–H and O–H groups in total. The fourth-order valence-corrected chi connectivity index (χ4v) is 10.4. The van der Waals surface area contributed by atoms with Gasteiger partial charge >= 0.3 is 12.1 Å². The second kappa shape index (κ2) is 29.3. The Hall–Kier alpha value is -5.77. The highest BCUT2D eigenvalue weighted by atomic mass is 16.6. The fraction of sp³-hybridized carbons (Fsp3) is 0.650. The number of hydrogen-bond acceptors (Lipinski definition) is 14. The van der Waals surface area contributed by atoms with Crippen LogP contribution in [0.3, 0.4) is 0 Å². The molecule has 6 amide bonds. The van der Waals surface area contributed by atoms with Gasteiger partial charge in [0.15, 0.2) is 6.10 Å². The normalized spacial score (nSPS) is 27.2. The van der Waals surface area contributed by atoms with Crippen LogP contribution in [-0.4, -0.2) is 178 Å². The number of amides is 6. The number of imide groups is 1. The smallest absolute Gasteiger partial charge is 0.410 e. The zero-order valence-electron chi connectivity index (χ0n) is 49.0. The van der Waals surface area contributed by atoms with E-state index in [4.69, 9.17) is 18.9 Å². The summed E-state index contributed by atoms with van der Waals surface area (Å²) in [6, 6.07) is 5.70. The SMILES string of the molecule is CC[C@H](O)[C@@H](C)[C@H]1O[C@@H]1C[C@@](C)(O)/C=C/C=C(\C)[C@H]1OC(=O)C[C@H](O)CC[C@@](C)(OC)[C@@H](OC(=O)N2CC[N+](C)(Cc3ccc(NC(=O)[C@H](C)NC(=O)[C@@H](NC(=O)CCCCCN4C(=O)C=CC4=O)C(C)C)cc3)CC2)/C=C/[C@@H]1C. The van der Waals surface area contributed by atoms with Crippen molar-refractivity contribution in [2.45, 2.75) is 187 Å². The number of unbranched alkanes of at least 4 members (excludes halogenated alkanes) is 2. The molecule has 0 aliphatic carbocycles. The summed E-state index contributed by atoms with van der Waals surface area (Å²) in [5, 5.41) is 40.8. The topological polar surface area (TPSA) is 263 Å². The van der Waals surface area contributed by atoms with Gasteiger partial charge in [-0.3, -0.25) is 38.6 Å². The van der Waals surface area contributed by atoms with E-state index in [2.05, 4.69) is 23.0 Å². The number of aliphatic hydroxyl groups is 3. The molecule has 2 saturated heterocycles. The van der Waals surface area contributed by atoms with Crippen molar-refractivity contribution in [1.29, 1.82) is 0 Å². The number of hydrogen-bond donors (Lipinski definition) is 6. The Kier molecular flexibility index (Phi) is 23.8. The molecular weight excluding hydrogens is 1030 g/mol. The number of cyclic esters (lactones) is 1. The standard InChI is InChI=1S/C60H90N6O14/c1-12-46(68)41(6)55-47(78-55)36-59(8,76)28-16-17-39(4)54-40(5)19-24-48(60(9,77-11)29-27-45(67)35-52(72)80-54)79-58(75)64-31-33-66(10,34-32-64)37-43-20-22-44(23-21-43)62-56(73)42(7)61-57(74)53(38(2)3)63-49(69)18-14-13-15-30-65-50(70)25-26-51(65)71/h16-17,19-26,28,38,40-42,45-48,53-55,67-68,76H,12-15,18,27,29-37H2,1-11H3,(H2-,61,62,63,69,73,74)/p+1/b24-19+,28-16+,39-17+/t40-,41+,42-,45+,46-,47+,48-,53-,54+,55+,59-,60+/m0/s1. The van der Waals surface area contributed by atoms with Gasteiger partial charge in [0.25, 0.3) is 11.8 Å². The lowest BCUT2D eigenvalue weighted by Crippen LogP contribution is -2.58. The zero-order valence-corrected chi connectivity index (χ0v) is 49.0. The fourth-order valence-electron chi connectivity index (χ4n) is 10.4. The molecule has 80 heavy (non-hydrogen) atoms. The Morgan fingerprint density at radius 1 is 0.975 bits per heavy atom. The molecule has 444 valence electrons. The molecule has 4 heterocycles. The summed E-state index contributed by atoms with van der Waals surface area (Å²) in [6.45, 7) is 19.3. The van der Waals surface area contributed by atoms with E-state index in [1.165, 1.54) is 19.3 Å². The quantitative estimate of drug-likeness (QED) is 0.0144. The Morgan fingerprint density at radius 3 is 2.26 bits per heavy atom. The van der Waals surface area contributed by atoms with Crippen LogP contribution in [0.4, 0.5) is 10.5 Å². The van der Waals surface area contributed by atoms with Crippen molar-refractivity contribution in [3.05, 3.63) is 77.9 Å². The maximum atomic E-state index is 14.0. The van der Waals surface area contributed by atoms with E-state index in [1.54, 1.807) is 69.0 Å². The molecule has 5 rings (SSSR count). The third kappa shape index (κ3) is 19.2. The van der Waals surface area contributed by atoms with Crippen LogP contribution in [0.5, 0.6) is 0 Å². The number of aliphatic hydroxyl groups excluding tert-OH is 2. The van der Waals surface area contributed by atoms with Crippen molar-refractivity contribution in [3.63, 3.8) is 0 Å². The number of epoxide rings is 1. The van der Waals surface area contributed by atoms with Crippen molar-refractivity contribution >= 4 is 47.3 Å². The number of nitrogens with one attached hydrogen (secondary N) is 3. The number of carbonyl (C=O) groups is 7. The van der Waals surface area contributed by atoms with Crippen molar-refractivity contribution in [2.75, 3.05) is 52.2 Å². The van der Waals surface area contributed by atoms with Gasteiger partial charge in [-0.1, -0.05) is 77.5 Å². The molecule has 4 aliphatic heterocycles. The molecule has 1 aromatic carbocycles. The number of allylic oxidation sites excluding steroid dienone is 2. The summed E-state index contributed by atoms with van der Waals surface area (Å²) in [5.41, 5.74) is 0.00161. The van der Waals surface area contributed by atoms with Crippen LogP contribution in [0.1, 0.15) is 126 Å². The van der Waals surface area contributed by atoms with Crippen molar-refractivity contribution < 1.29 is 72.3 Å². The molecule has 0 saturated carbocycles. The van der Waals surface area contributed by atoms with Crippen LogP contribution in [-0.2, 0) is 54.3 Å². The molecule has 12 atom stereocenters. The maximum absolute atomic E-state index is 14.0. The van der Waals surface area contributed by atoms with Gasteiger partial charge < -0.3 is 54.7 Å². The Balaban J connectivity index is 1.11. The molecule has 1 aromatic rings. The number of ether oxygens (including phenoxy) is 4. The first kappa shape index (κ1) is 65.0. The van der Waals surface area contributed by atoms with Crippen LogP contribution < -0.4 is 16.0 Å². The minimum Gasteiger partial charge on any atom is -0.457 e. The molecule has 20 heteroatoms. The van der Waals surface area contributed by atoms with Crippen LogP contribution in [0, 0.1) is 17.8 Å². The Labute approximate surface area is 472 Å². The van der Waals surface area contributed by atoms with Crippen LogP contribution >= 0.6 is 0 Å². The predicted octanol–water partition coefficient (Wildman–Crippen LogP) is 5.40. The molecular formula is C60H91N6O14+. The van der Waals surface area contributed by atoms with Crippen molar-refractivity contribution in [1.82, 2.24) is 20.4 Å². The summed E-state index contributed by atoms with van der Waals surface area (Å²) in [5.74, 6) is -3.16. The lowest BCUT2D eigenvalue weighted by molar-refractivity contribution is -0.926. The van der Waals surface area contributed by atoms with Gasteiger partial charge in [0.05, 0.1) is 69.7 Å². The summed E-state index contributed by atoms with van der Waals surface area (Å²) < 4.78 is 24.7. The number of benzene rings is 1. The van der Waals surface area contributed by atoms with Gasteiger partial charge in [-0.05, 0) is 89.5 Å². The highest BCUT2D eigenvalue weighted by molar-refractivity contribution is 6.12. The van der Waals surface area contributed by atoms with Gasteiger partial charge in [-0.2, -0.15) is 0 Å². The summed E-state index contributed by atoms with van der Waals surface area (Å²) >= 11 is 0. The van der Waals surface area contributed by atoms with E-state index < -0.39 is 77.5 Å². The van der Waals surface area contributed by atoms with Gasteiger partial charge in [-0.15, -0.1) is 0 Å². The first-order valence-corrected chi connectivity index (χ1v) is 28.5. The molecule has 0 radical (unpaired) electrons. The third-order valence-corrected chi connectivity index (χ3v) is 16.1. The second-order valence-electron chi connectivity index (χ2n) is 23.6. The number of piperazine rings is 1. The Morgan fingerprint density at radius 2 is 1.64 bits per heavy atom. The molecule has 0 bridgehead atoms. The van der Waals surface area contributed by atoms with E-state index in [1.807, 2.05) is 52.8 Å². The van der Waals surface area contributed by atoms with Gasteiger partial charge in [0.1, 0.15) is 30.3 Å². The molecule has 0 spiro atoms. The number of carbonyl (C=O) groups excluding carboxylic acids is 7. The van der Waals surface area contributed by atoms with Gasteiger partial charge in [0.2, 0.25) is 17.7 Å². The summed E-state index contributed by atoms with van der Waals surface area (Å²) in [6.07, 6.45) is 10.4. The number of nitrogens with zero attached hydrogens (tertiary/aromatic N) is 3. The Bertz CT molecular complexity index is 2410. The molecule has 4 aliphatic rings. The molecule has 0 unspecified atom stereocenters. The van der Waals surface area contributed by atoms with E-state index in [-0.39, 0.29) is 74.0 Å². The van der Waals surface area contributed by atoms with E-state index >= 15 is 0 Å². The van der Waals surface area contributed by atoms with E-state index in [0.717, 1.165) is 10.5 Å². The first-order chi connectivity index (χ1) is 37.7. The maximum Gasteiger partial charge on any atom is 0.410 e. The summed E-state index contributed by atoms with van der Waals surface area (Å²) in [4.78, 5) is 92.8. The van der Waals surface area contributed by atoms with Gasteiger partial charge in [0, 0.05) is 61.7 Å². The minimum atomic E-state index is -1.20. The minimum absolute atomic E-state index is 0.0420. The monoisotopic (exact) mass is 1120 g/mol. The highest BCUT2D eigenvalue weighted by Gasteiger charge is 2.47. The average Bonchev–Trinajstić information content (AvgIpc) is 4.10. The van der Waals surface area contributed by atoms with E-state index in [9.17, 15) is 48.9 Å². The second-order valence-corrected chi connectivity index (χ2v) is 23.6. The van der Waals surface area contributed by atoms with Crippen molar-refractivity contribution in [3.8, 4) is 0 Å². The zero-order chi connectivity index (χ0) is 59.1. The largest absolute Gasteiger partial charge is 0.457 e. The van der Waals surface area contributed by atoms with Crippen LogP contribution in [0.25, 0.3) is 0 Å². The number of esters is 1. The summed E-state index contributed by atoms with van der Waals surface area (Å²) in [7, 11) is 3.66. The van der Waals surface area contributed by atoms with Gasteiger partial charge in [-0.25, -0.2) is 4.79 Å². The number of methoxy groups -OCH3 is 1. The van der Waals surface area contributed by atoms with E-state index in [0.29, 0.717) is 80.6 Å². The number of quaternary nitrogens is 1. The molecule has 0 aromatic heterocycles. The molecule has 20 nitrogen and oxygen atoms in total. The third-order valence-electron chi connectivity index (χ3n) is 16.1. The number of rotatable bonds is 24. The van der Waals surface area contributed by atoms with Crippen LogP contribution in [0.15, 0.2) is 72.4 Å². The average molecular weight is 1120 g/mol. The lowest BCUT2D eigenvalue weighted by Gasteiger charge is -2.42. The van der Waals surface area contributed by atoms with Crippen molar-refractivity contribution in [2.24, 2.45) is 17.8 Å². The number of anilines is 1. The first-order valence-electron chi connectivity index (χ1n) is 28.5. The highest BCUT2D eigenvalue weighted by Crippen LogP contribution is 2.38. The lowest BCUT2D eigenvalue weighted by atomic mass is 9.88. The molecule has 2 fully saturated rings. The number of likely N-dealkylation sites (N-methyl/N-ethyl adjacent to an activating group) is 1. The predicted molar refractivity (Wildman–Crippen MR) is 301 cm³/mol.